The van der Waals surface area contributed by atoms with Crippen LogP contribution in [0.1, 0.15) is 64.2 Å². The Morgan fingerprint density at radius 1 is 0.947 bits per heavy atom. The monoisotopic (exact) mass is 264 g/mol. The maximum Gasteiger partial charge on any atom is 0.317 e. The molecule has 1 aliphatic heterocycles. The van der Waals surface area contributed by atoms with E-state index in [9.17, 15) is 4.79 Å². The molecule has 0 aromatic heterocycles. The van der Waals surface area contributed by atoms with Gasteiger partial charge in [0.15, 0.2) is 0 Å². The topological polar surface area (TPSA) is 32.3 Å². The summed E-state index contributed by atoms with van der Waals surface area (Å²) in [7, 11) is 0. The zero-order chi connectivity index (χ0) is 13.1. The van der Waals surface area contributed by atoms with Crippen LogP contribution < -0.4 is 5.32 Å². The van der Waals surface area contributed by atoms with E-state index in [2.05, 4.69) is 10.2 Å². The molecule has 0 aromatic carbocycles. The van der Waals surface area contributed by atoms with Crippen LogP contribution in [0.2, 0.25) is 0 Å². The van der Waals surface area contributed by atoms with Crippen molar-refractivity contribution in [1.29, 1.82) is 0 Å². The second-order valence-corrected chi connectivity index (χ2v) is 6.86. The van der Waals surface area contributed by atoms with Crippen molar-refractivity contribution in [3.8, 4) is 0 Å². The average molecular weight is 264 g/mol. The lowest BCUT2D eigenvalue weighted by atomic mass is 9.84. The van der Waals surface area contributed by atoms with Gasteiger partial charge in [-0.15, -0.1) is 0 Å². The number of likely N-dealkylation sites (tertiary alicyclic amines) is 1. The first-order chi connectivity index (χ1) is 9.33. The smallest absolute Gasteiger partial charge is 0.317 e. The van der Waals surface area contributed by atoms with Gasteiger partial charge in [0, 0.05) is 19.1 Å². The highest BCUT2D eigenvalue weighted by Crippen LogP contribution is 2.32. The van der Waals surface area contributed by atoms with Gasteiger partial charge >= 0.3 is 6.03 Å². The molecule has 3 fully saturated rings. The lowest BCUT2D eigenvalue weighted by molar-refractivity contribution is 0.177. The lowest BCUT2D eigenvalue weighted by Crippen LogP contribution is -2.44. The molecular formula is C16H28N2O. The van der Waals surface area contributed by atoms with Gasteiger partial charge in [0.25, 0.3) is 0 Å². The summed E-state index contributed by atoms with van der Waals surface area (Å²) in [4.78, 5) is 14.4. The van der Waals surface area contributed by atoms with E-state index < -0.39 is 0 Å². The largest absolute Gasteiger partial charge is 0.338 e. The molecule has 2 saturated carbocycles. The third-order valence-electron chi connectivity index (χ3n) is 5.21. The second kappa shape index (κ2) is 6.15. The van der Waals surface area contributed by atoms with Crippen LogP contribution in [-0.4, -0.2) is 30.1 Å². The van der Waals surface area contributed by atoms with E-state index in [1.54, 1.807) is 0 Å². The first-order valence-electron chi connectivity index (χ1n) is 8.37. The molecule has 3 nitrogen and oxygen atoms in total. The van der Waals surface area contributed by atoms with Gasteiger partial charge in [-0.1, -0.05) is 32.1 Å². The first kappa shape index (κ1) is 13.3. The maximum absolute atomic E-state index is 12.2. The summed E-state index contributed by atoms with van der Waals surface area (Å²) in [5, 5.41) is 3.14. The fraction of sp³-hybridized carbons (Fsp3) is 0.938. The Kier molecular flexibility index (Phi) is 4.29. The molecule has 1 atom stereocenters. The molecule has 1 unspecified atom stereocenters. The number of carbonyl (C=O) groups excluding carboxylic acids is 1. The zero-order valence-corrected chi connectivity index (χ0v) is 12.1. The predicted octanol–water partition coefficient (Wildman–Crippen LogP) is 3.54. The Balaban J connectivity index is 1.46. The summed E-state index contributed by atoms with van der Waals surface area (Å²) in [5.74, 6) is 1.67. The maximum atomic E-state index is 12.2. The number of nitrogens with zero attached hydrogens (tertiary/aromatic N) is 1. The van der Waals surface area contributed by atoms with Crippen molar-refractivity contribution >= 4 is 6.03 Å². The van der Waals surface area contributed by atoms with Gasteiger partial charge in [-0.05, 0) is 43.9 Å². The van der Waals surface area contributed by atoms with Crippen molar-refractivity contribution in [2.45, 2.75) is 70.3 Å². The van der Waals surface area contributed by atoms with Gasteiger partial charge in [0.05, 0.1) is 0 Å². The van der Waals surface area contributed by atoms with Crippen LogP contribution in [0, 0.1) is 11.8 Å². The Bertz CT molecular complexity index is 308. The number of amides is 2. The number of carbonyl (C=O) groups is 1. The SMILES string of the molecule is O=C(NCC1CC1)N1CCCC1CC1CCCCC1. The third kappa shape index (κ3) is 3.64. The van der Waals surface area contributed by atoms with Crippen LogP contribution in [0.4, 0.5) is 4.79 Å². The fourth-order valence-electron chi connectivity index (χ4n) is 3.81. The fourth-order valence-corrected chi connectivity index (χ4v) is 3.81. The molecule has 3 aliphatic rings. The molecule has 3 rings (SSSR count). The predicted molar refractivity (Wildman–Crippen MR) is 77.0 cm³/mol. The van der Waals surface area contributed by atoms with Crippen molar-refractivity contribution in [3.63, 3.8) is 0 Å². The van der Waals surface area contributed by atoms with Crippen LogP contribution in [0.25, 0.3) is 0 Å². The first-order valence-corrected chi connectivity index (χ1v) is 8.37. The van der Waals surface area contributed by atoms with Gasteiger partial charge in [-0.3, -0.25) is 0 Å². The Hall–Kier alpha value is -0.730. The Morgan fingerprint density at radius 2 is 1.74 bits per heavy atom. The van der Waals surface area contributed by atoms with Crippen molar-refractivity contribution in [2.75, 3.05) is 13.1 Å². The van der Waals surface area contributed by atoms with Gasteiger partial charge < -0.3 is 10.2 Å². The molecule has 19 heavy (non-hydrogen) atoms. The van der Waals surface area contributed by atoms with E-state index in [1.807, 2.05) is 0 Å². The lowest BCUT2D eigenvalue weighted by Gasteiger charge is -2.30. The average Bonchev–Trinajstić information content (AvgIpc) is 3.16. The molecule has 0 bridgehead atoms. The summed E-state index contributed by atoms with van der Waals surface area (Å²) in [6, 6.07) is 0.743. The molecule has 1 heterocycles. The highest BCUT2D eigenvalue weighted by atomic mass is 16.2. The molecule has 108 valence electrons. The minimum atomic E-state index is 0.213. The number of urea groups is 1. The van der Waals surface area contributed by atoms with Crippen molar-refractivity contribution < 1.29 is 4.79 Å². The third-order valence-corrected chi connectivity index (χ3v) is 5.21. The minimum Gasteiger partial charge on any atom is -0.338 e. The second-order valence-electron chi connectivity index (χ2n) is 6.86. The molecule has 2 aliphatic carbocycles. The van der Waals surface area contributed by atoms with E-state index in [0.717, 1.165) is 24.9 Å². The molecule has 0 aromatic rings. The molecule has 0 spiro atoms. The number of nitrogens with one attached hydrogen (secondary N) is 1. The van der Waals surface area contributed by atoms with E-state index in [1.165, 1.54) is 64.2 Å². The van der Waals surface area contributed by atoms with Gasteiger partial charge in [0.2, 0.25) is 0 Å². The van der Waals surface area contributed by atoms with E-state index >= 15 is 0 Å². The van der Waals surface area contributed by atoms with Gasteiger partial charge in [0.1, 0.15) is 0 Å². The normalized spacial score (nSPS) is 28.6. The molecule has 1 N–H and O–H groups in total. The molecule has 1 saturated heterocycles. The van der Waals surface area contributed by atoms with Gasteiger partial charge in [-0.25, -0.2) is 4.79 Å². The van der Waals surface area contributed by atoms with Crippen LogP contribution >= 0.6 is 0 Å². The summed E-state index contributed by atoms with van der Waals surface area (Å²) >= 11 is 0. The van der Waals surface area contributed by atoms with Crippen molar-refractivity contribution in [3.05, 3.63) is 0 Å². The van der Waals surface area contributed by atoms with E-state index in [-0.39, 0.29) is 6.03 Å². The summed E-state index contributed by atoms with van der Waals surface area (Å²) < 4.78 is 0. The zero-order valence-electron chi connectivity index (χ0n) is 12.1. The van der Waals surface area contributed by atoms with Crippen LogP contribution in [0.3, 0.4) is 0 Å². The highest BCUT2D eigenvalue weighted by molar-refractivity contribution is 5.74. The standard InChI is InChI=1S/C16H28N2O/c19-16(17-12-14-8-9-14)18-10-4-7-15(18)11-13-5-2-1-3-6-13/h13-15H,1-12H2,(H,17,19). The van der Waals surface area contributed by atoms with Crippen LogP contribution in [-0.2, 0) is 0 Å². The summed E-state index contributed by atoms with van der Waals surface area (Å²) in [6.45, 7) is 1.89. The van der Waals surface area contributed by atoms with E-state index in [4.69, 9.17) is 0 Å². The van der Waals surface area contributed by atoms with Crippen molar-refractivity contribution in [1.82, 2.24) is 10.2 Å². The minimum absolute atomic E-state index is 0.213. The summed E-state index contributed by atoms with van der Waals surface area (Å²) in [6.07, 6.45) is 13.3. The molecule has 3 heteroatoms. The number of hydrogen-bond donors (Lipinski definition) is 1. The summed E-state index contributed by atoms with van der Waals surface area (Å²) in [5.41, 5.74) is 0. The Morgan fingerprint density at radius 3 is 2.47 bits per heavy atom. The molecule has 0 radical (unpaired) electrons. The molecular weight excluding hydrogens is 236 g/mol. The molecule has 2 amide bonds. The number of rotatable bonds is 4. The van der Waals surface area contributed by atoms with Gasteiger partial charge in [-0.2, -0.15) is 0 Å². The Labute approximate surface area is 117 Å². The quantitative estimate of drug-likeness (QED) is 0.827. The highest BCUT2D eigenvalue weighted by Gasteiger charge is 2.32. The number of hydrogen-bond acceptors (Lipinski definition) is 1. The van der Waals surface area contributed by atoms with Crippen molar-refractivity contribution in [2.24, 2.45) is 11.8 Å². The van der Waals surface area contributed by atoms with Crippen LogP contribution in [0.15, 0.2) is 0 Å². The van der Waals surface area contributed by atoms with Crippen LogP contribution in [0.5, 0.6) is 0 Å². The van der Waals surface area contributed by atoms with E-state index in [0.29, 0.717) is 6.04 Å².